The van der Waals surface area contributed by atoms with Crippen molar-refractivity contribution in [3.05, 3.63) is 15.6 Å². The zero-order valence-electron chi connectivity index (χ0n) is 9.35. The molecule has 0 spiro atoms. The van der Waals surface area contributed by atoms with Crippen LogP contribution in [0.1, 0.15) is 28.5 Å². The first kappa shape index (κ1) is 11.6. The Morgan fingerprint density at radius 2 is 2.07 bits per heavy atom. The molecule has 1 heterocycles. The Hall–Kier alpha value is -0.450. The lowest BCUT2D eigenvalue weighted by atomic mass is 10.2. The molecule has 0 aliphatic carbocycles. The number of rotatable bonds is 5. The van der Waals surface area contributed by atoms with Crippen LogP contribution in [0.25, 0.3) is 0 Å². The van der Waals surface area contributed by atoms with Crippen molar-refractivity contribution in [1.82, 2.24) is 15.6 Å². The molecule has 1 unspecified atom stereocenters. The third-order valence-electron chi connectivity index (χ3n) is 2.16. The van der Waals surface area contributed by atoms with E-state index in [9.17, 15) is 0 Å². The van der Waals surface area contributed by atoms with Crippen molar-refractivity contribution in [1.29, 1.82) is 0 Å². The number of nitrogens with one attached hydrogen (secondary N) is 2. The van der Waals surface area contributed by atoms with Gasteiger partial charge < -0.3 is 10.6 Å². The summed E-state index contributed by atoms with van der Waals surface area (Å²) >= 11 is 1.79. The average molecular weight is 213 g/mol. The molecule has 1 atom stereocenters. The van der Waals surface area contributed by atoms with Gasteiger partial charge in [0.2, 0.25) is 0 Å². The van der Waals surface area contributed by atoms with Gasteiger partial charge in [0, 0.05) is 24.0 Å². The molecule has 1 aromatic heterocycles. The van der Waals surface area contributed by atoms with E-state index >= 15 is 0 Å². The minimum atomic E-state index is 0.412. The molecule has 1 rings (SSSR count). The van der Waals surface area contributed by atoms with Gasteiger partial charge in [-0.1, -0.05) is 0 Å². The number of hydrogen-bond acceptors (Lipinski definition) is 4. The predicted molar refractivity (Wildman–Crippen MR) is 61.9 cm³/mol. The van der Waals surface area contributed by atoms with E-state index in [0.29, 0.717) is 6.04 Å². The molecule has 0 amide bonds. The normalized spacial score (nSPS) is 13.1. The number of likely N-dealkylation sites (N-methyl/N-ethyl adjacent to an activating group) is 1. The lowest BCUT2D eigenvalue weighted by Gasteiger charge is -2.12. The third-order valence-corrected chi connectivity index (χ3v) is 3.41. The van der Waals surface area contributed by atoms with Crippen LogP contribution in [0.5, 0.6) is 0 Å². The monoisotopic (exact) mass is 213 g/mol. The van der Waals surface area contributed by atoms with Gasteiger partial charge in [-0.15, -0.1) is 11.3 Å². The van der Waals surface area contributed by atoms with Crippen molar-refractivity contribution in [3.63, 3.8) is 0 Å². The molecule has 0 bridgehead atoms. The summed E-state index contributed by atoms with van der Waals surface area (Å²) in [6.07, 6.45) is 0. The molecule has 0 aliphatic rings. The van der Waals surface area contributed by atoms with Gasteiger partial charge in [-0.05, 0) is 27.8 Å². The molecule has 0 radical (unpaired) electrons. The van der Waals surface area contributed by atoms with Gasteiger partial charge in [0.15, 0.2) is 0 Å². The predicted octanol–water partition coefficient (Wildman–Crippen LogP) is 1.63. The first-order valence-electron chi connectivity index (χ1n) is 4.97. The van der Waals surface area contributed by atoms with Crippen molar-refractivity contribution in [2.24, 2.45) is 0 Å². The summed E-state index contributed by atoms with van der Waals surface area (Å²) < 4.78 is 0. The number of aryl methyl sites for hydroxylation is 2. The van der Waals surface area contributed by atoms with Crippen LogP contribution >= 0.6 is 11.3 Å². The third kappa shape index (κ3) is 3.04. The molecule has 80 valence electrons. The quantitative estimate of drug-likeness (QED) is 0.730. The Kier molecular flexibility index (Phi) is 4.51. The highest BCUT2D eigenvalue weighted by Crippen LogP contribution is 2.23. The zero-order chi connectivity index (χ0) is 10.6. The largest absolute Gasteiger partial charge is 0.318 e. The maximum absolute atomic E-state index is 4.42. The molecule has 1 aromatic rings. The summed E-state index contributed by atoms with van der Waals surface area (Å²) in [7, 11) is 1.97. The van der Waals surface area contributed by atoms with Crippen LogP contribution < -0.4 is 10.6 Å². The van der Waals surface area contributed by atoms with Crippen LogP contribution in [0, 0.1) is 13.8 Å². The van der Waals surface area contributed by atoms with Crippen molar-refractivity contribution in [2.45, 2.75) is 26.8 Å². The van der Waals surface area contributed by atoms with Crippen LogP contribution in [0.15, 0.2) is 0 Å². The van der Waals surface area contributed by atoms with E-state index in [4.69, 9.17) is 0 Å². The minimum Gasteiger partial charge on any atom is -0.318 e. The standard InChI is InChI=1S/C10H19N3S/c1-7(12-6-5-11-4)10-8(2)13-9(3)14-10/h7,11-12H,5-6H2,1-4H3. The highest BCUT2D eigenvalue weighted by atomic mass is 32.1. The van der Waals surface area contributed by atoms with Gasteiger partial charge in [-0.3, -0.25) is 0 Å². The van der Waals surface area contributed by atoms with Gasteiger partial charge in [0.1, 0.15) is 0 Å². The maximum atomic E-state index is 4.42. The summed E-state index contributed by atoms with van der Waals surface area (Å²) in [4.78, 5) is 5.78. The van der Waals surface area contributed by atoms with E-state index in [1.54, 1.807) is 11.3 Å². The molecule has 3 nitrogen and oxygen atoms in total. The number of aromatic nitrogens is 1. The summed E-state index contributed by atoms with van der Waals surface area (Å²) in [6, 6.07) is 0.412. The smallest absolute Gasteiger partial charge is 0.0900 e. The minimum absolute atomic E-state index is 0.412. The number of nitrogens with zero attached hydrogens (tertiary/aromatic N) is 1. The number of thiazole rings is 1. The fourth-order valence-electron chi connectivity index (χ4n) is 1.46. The summed E-state index contributed by atoms with van der Waals surface area (Å²) in [5, 5.41) is 7.73. The summed E-state index contributed by atoms with van der Waals surface area (Å²) in [5.74, 6) is 0. The SMILES string of the molecule is CNCCNC(C)c1sc(C)nc1C. The molecule has 0 aromatic carbocycles. The molecule has 2 N–H and O–H groups in total. The lowest BCUT2D eigenvalue weighted by Crippen LogP contribution is -2.27. The van der Waals surface area contributed by atoms with Crippen LogP contribution in [-0.4, -0.2) is 25.1 Å². The second-order valence-corrected chi connectivity index (χ2v) is 4.70. The Morgan fingerprint density at radius 3 is 2.57 bits per heavy atom. The highest BCUT2D eigenvalue weighted by molar-refractivity contribution is 7.11. The van der Waals surface area contributed by atoms with Crippen LogP contribution in [-0.2, 0) is 0 Å². The van der Waals surface area contributed by atoms with Crippen molar-refractivity contribution in [2.75, 3.05) is 20.1 Å². The van der Waals surface area contributed by atoms with E-state index in [1.165, 1.54) is 4.88 Å². The second-order valence-electron chi connectivity index (χ2n) is 3.46. The topological polar surface area (TPSA) is 37.0 Å². The van der Waals surface area contributed by atoms with E-state index in [0.717, 1.165) is 23.8 Å². The van der Waals surface area contributed by atoms with Crippen LogP contribution in [0.3, 0.4) is 0 Å². The lowest BCUT2D eigenvalue weighted by molar-refractivity contribution is 0.566. The molecule has 0 fully saturated rings. The second kappa shape index (κ2) is 5.44. The van der Waals surface area contributed by atoms with Crippen molar-refractivity contribution >= 4 is 11.3 Å². The first-order valence-corrected chi connectivity index (χ1v) is 5.78. The highest BCUT2D eigenvalue weighted by Gasteiger charge is 2.11. The fraction of sp³-hybridized carbons (Fsp3) is 0.700. The Labute approximate surface area is 89.9 Å². The van der Waals surface area contributed by atoms with Gasteiger partial charge in [-0.25, -0.2) is 4.98 Å². The van der Waals surface area contributed by atoms with Crippen molar-refractivity contribution < 1.29 is 0 Å². The van der Waals surface area contributed by atoms with Gasteiger partial charge in [0.25, 0.3) is 0 Å². The molecular formula is C10H19N3S. The molecule has 4 heteroatoms. The molecular weight excluding hydrogens is 194 g/mol. The van der Waals surface area contributed by atoms with Crippen LogP contribution in [0.4, 0.5) is 0 Å². The van der Waals surface area contributed by atoms with Gasteiger partial charge >= 0.3 is 0 Å². The van der Waals surface area contributed by atoms with Gasteiger partial charge in [-0.2, -0.15) is 0 Å². The number of hydrogen-bond donors (Lipinski definition) is 2. The summed E-state index contributed by atoms with van der Waals surface area (Å²) in [5.41, 5.74) is 1.16. The Bertz CT molecular complexity index is 283. The van der Waals surface area contributed by atoms with E-state index in [1.807, 2.05) is 7.05 Å². The zero-order valence-corrected chi connectivity index (χ0v) is 10.2. The first-order chi connectivity index (χ1) is 6.65. The maximum Gasteiger partial charge on any atom is 0.0900 e. The van der Waals surface area contributed by atoms with Crippen molar-refractivity contribution in [3.8, 4) is 0 Å². The molecule has 0 saturated carbocycles. The van der Waals surface area contributed by atoms with E-state index < -0.39 is 0 Å². The fourth-order valence-corrected chi connectivity index (χ4v) is 2.41. The van der Waals surface area contributed by atoms with E-state index in [2.05, 4.69) is 36.4 Å². The average Bonchev–Trinajstić information content (AvgIpc) is 2.45. The van der Waals surface area contributed by atoms with E-state index in [-0.39, 0.29) is 0 Å². The Balaban J connectivity index is 2.51. The molecule has 0 saturated heterocycles. The molecule has 14 heavy (non-hydrogen) atoms. The van der Waals surface area contributed by atoms with Gasteiger partial charge in [0.05, 0.1) is 10.7 Å². The summed E-state index contributed by atoms with van der Waals surface area (Å²) in [6.45, 7) is 8.32. The Morgan fingerprint density at radius 1 is 1.36 bits per heavy atom. The molecule has 0 aliphatic heterocycles. The van der Waals surface area contributed by atoms with Crippen LogP contribution in [0.2, 0.25) is 0 Å².